The van der Waals surface area contributed by atoms with Gasteiger partial charge in [-0.2, -0.15) is 0 Å². The van der Waals surface area contributed by atoms with Gasteiger partial charge in [-0.15, -0.1) is 0 Å². The first kappa shape index (κ1) is 25.9. The van der Waals surface area contributed by atoms with Gasteiger partial charge in [-0.05, 0) is 115 Å². The van der Waals surface area contributed by atoms with Gasteiger partial charge in [0.15, 0.2) is 0 Å². The van der Waals surface area contributed by atoms with E-state index >= 15 is 0 Å². The smallest absolute Gasteiger partial charge is 0.00157 e. The number of benzene rings is 6. The lowest BCUT2D eigenvalue weighted by atomic mass is 9.85. The molecule has 0 nitrogen and oxygen atoms in total. The van der Waals surface area contributed by atoms with Crippen molar-refractivity contribution in [2.75, 3.05) is 18.8 Å². The van der Waals surface area contributed by atoms with Gasteiger partial charge in [0.05, 0.1) is 0 Å². The van der Waals surface area contributed by atoms with Crippen molar-refractivity contribution in [2.45, 2.75) is 24.2 Å². The largest absolute Gasteiger partial charge is 0.223 e. The van der Waals surface area contributed by atoms with E-state index in [4.69, 9.17) is 0 Å². The zero-order chi connectivity index (χ0) is 28.0. The summed E-state index contributed by atoms with van der Waals surface area (Å²) in [6.45, 7) is 0. The van der Waals surface area contributed by atoms with Crippen molar-refractivity contribution in [3.05, 3.63) is 133 Å². The van der Waals surface area contributed by atoms with Gasteiger partial charge >= 0.3 is 0 Å². The van der Waals surface area contributed by atoms with Crippen molar-refractivity contribution in [3.8, 4) is 33.4 Å². The average molecular weight is 549 g/mol. The van der Waals surface area contributed by atoms with E-state index in [1.807, 2.05) is 0 Å². The topological polar surface area (TPSA) is 0 Å². The lowest BCUT2D eigenvalue weighted by molar-refractivity contribution is 0.935. The standard InChI is InChI=1S/C40H36S/c1-41(2,3)38-27-32(29-15-7-8-16-29)25-26-37(38)40-35-19-11-9-17-33(35)39(34-18-10-12-20-36(34)40)31-23-21-30(22-24-31)28-13-5-4-6-14-28/h4-6,9-15,17-27H,7-8,16H2,1-3H3. The van der Waals surface area contributed by atoms with Crippen molar-refractivity contribution >= 4 is 37.1 Å². The van der Waals surface area contributed by atoms with E-state index in [1.165, 1.54) is 90.2 Å². The lowest BCUT2D eigenvalue weighted by Crippen LogP contribution is -2.00. The molecule has 202 valence electrons. The minimum atomic E-state index is -0.992. The molecular weight excluding hydrogens is 513 g/mol. The second-order valence-electron chi connectivity index (χ2n) is 12.0. The molecule has 1 heteroatoms. The predicted octanol–water partition coefficient (Wildman–Crippen LogP) is 11.6. The molecule has 0 fully saturated rings. The van der Waals surface area contributed by atoms with E-state index in [2.05, 4.69) is 146 Å². The Morgan fingerprint density at radius 1 is 0.488 bits per heavy atom. The van der Waals surface area contributed by atoms with Crippen molar-refractivity contribution in [1.82, 2.24) is 0 Å². The van der Waals surface area contributed by atoms with Crippen LogP contribution in [0.1, 0.15) is 24.8 Å². The Kier molecular flexibility index (Phi) is 6.56. The highest BCUT2D eigenvalue weighted by atomic mass is 32.3. The van der Waals surface area contributed by atoms with Crippen LogP contribution in [-0.2, 0) is 0 Å². The molecule has 0 saturated carbocycles. The summed E-state index contributed by atoms with van der Waals surface area (Å²) in [5, 5.41) is 5.27. The van der Waals surface area contributed by atoms with E-state index in [1.54, 1.807) is 0 Å². The quantitative estimate of drug-likeness (QED) is 0.188. The summed E-state index contributed by atoms with van der Waals surface area (Å²) in [5.74, 6) is 0. The highest BCUT2D eigenvalue weighted by Crippen LogP contribution is 2.54. The molecule has 0 bridgehead atoms. The maximum atomic E-state index is 2.52. The molecule has 41 heavy (non-hydrogen) atoms. The summed E-state index contributed by atoms with van der Waals surface area (Å²) in [6, 6.07) is 45.1. The molecule has 0 N–H and O–H groups in total. The van der Waals surface area contributed by atoms with Gasteiger partial charge in [-0.25, -0.2) is 10.0 Å². The molecule has 1 aliphatic carbocycles. The summed E-state index contributed by atoms with van der Waals surface area (Å²) < 4.78 is 0. The van der Waals surface area contributed by atoms with E-state index < -0.39 is 10.0 Å². The van der Waals surface area contributed by atoms with Crippen LogP contribution in [0, 0.1) is 0 Å². The van der Waals surface area contributed by atoms with Crippen molar-refractivity contribution in [2.24, 2.45) is 0 Å². The van der Waals surface area contributed by atoms with Crippen molar-refractivity contribution < 1.29 is 0 Å². The molecule has 0 unspecified atom stereocenters. The maximum absolute atomic E-state index is 2.52. The highest BCUT2D eigenvalue weighted by molar-refractivity contribution is 8.32. The predicted molar refractivity (Wildman–Crippen MR) is 183 cm³/mol. The van der Waals surface area contributed by atoms with Crippen LogP contribution in [0.25, 0.3) is 60.5 Å². The Morgan fingerprint density at radius 3 is 1.56 bits per heavy atom. The van der Waals surface area contributed by atoms with Gasteiger partial charge in [0.2, 0.25) is 0 Å². The van der Waals surface area contributed by atoms with E-state index in [0.717, 1.165) is 0 Å². The Balaban J connectivity index is 1.49. The van der Waals surface area contributed by atoms with E-state index in [0.29, 0.717) is 0 Å². The Labute approximate surface area is 245 Å². The molecule has 1 aliphatic rings. The van der Waals surface area contributed by atoms with Gasteiger partial charge in [0.25, 0.3) is 0 Å². The van der Waals surface area contributed by atoms with Crippen LogP contribution in [0.15, 0.2) is 132 Å². The molecule has 6 aromatic carbocycles. The lowest BCUT2D eigenvalue weighted by Gasteiger charge is -2.31. The first-order valence-electron chi connectivity index (χ1n) is 14.6. The molecular formula is C40H36S. The number of fused-ring (bicyclic) bond motifs is 2. The molecule has 7 rings (SSSR count). The Bertz CT molecular complexity index is 1860. The number of hydrogen-bond acceptors (Lipinski definition) is 0. The molecule has 0 saturated heterocycles. The van der Waals surface area contributed by atoms with Crippen LogP contribution in [0.5, 0.6) is 0 Å². The van der Waals surface area contributed by atoms with E-state index in [-0.39, 0.29) is 0 Å². The highest BCUT2D eigenvalue weighted by Gasteiger charge is 2.22. The van der Waals surface area contributed by atoms with Crippen LogP contribution in [-0.4, -0.2) is 18.8 Å². The van der Waals surface area contributed by atoms with Crippen LogP contribution >= 0.6 is 10.0 Å². The van der Waals surface area contributed by atoms with Crippen molar-refractivity contribution in [3.63, 3.8) is 0 Å². The Hall–Kier alpha value is -4.07. The molecule has 0 aliphatic heterocycles. The first-order valence-corrected chi connectivity index (χ1v) is 17.5. The summed E-state index contributed by atoms with van der Waals surface area (Å²) in [5.41, 5.74) is 10.7. The van der Waals surface area contributed by atoms with Gasteiger partial charge in [0, 0.05) is 0 Å². The summed E-state index contributed by atoms with van der Waals surface area (Å²) in [7, 11) is -0.992. The summed E-state index contributed by atoms with van der Waals surface area (Å²) in [6.07, 6.45) is 13.4. The second-order valence-corrected chi connectivity index (χ2v) is 16.1. The maximum Gasteiger partial charge on any atom is -0.00157 e. The normalized spacial score (nSPS) is 14.0. The Morgan fingerprint density at radius 2 is 1.00 bits per heavy atom. The van der Waals surface area contributed by atoms with Gasteiger partial charge < -0.3 is 0 Å². The minimum Gasteiger partial charge on any atom is -0.223 e. The fourth-order valence-electron chi connectivity index (χ4n) is 6.56. The third-order valence-electron chi connectivity index (χ3n) is 8.53. The molecule has 0 radical (unpaired) electrons. The van der Waals surface area contributed by atoms with E-state index in [9.17, 15) is 0 Å². The van der Waals surface area contributed by atoms with Crippen LogP contribution in [0.2, 0.25) is 0 Å². The van der Waals surface area contributed by atoms with Crippen LogP contribution in [0.3, 0.4) is 0 Å². The number of rotatable bonds is 5. The zero-order valence-corrected chi connectivity index (χ0v) is 25.0. The van der Waals surface area contributed by atoms with Gasteiger partial charge in [-0.3, -0.25) is 0 Å². The molecule has 0 amide bonds. The SMILES string of the molecule is CS(C)(C)c1cc(C2=CCCC2)ccc1-c1c2ccccc2c(-c2ccc(-c3ccccc3)cc2)c2ccccc12. The third kappa shape index (κ3) is 4.69. The monoisotopic (exact) mass is 548 g/mol. The van der Waals surface area contributed by atoms with Gasteiger partial charge in [-0.1, -0.05) is 121 Å². The molecule has 6 aromatic rings. The second kappa shape index (κ2) is 10.4. The minimum absolute atomic E-state index is 0.992. The average Bonchev–Trinajstić information content (AvgIpc) is 3.55. The fourth-order valence-corrected chi connectivity index (χ4v) is 7.87. The van der Waals surface area contributed by atoms with Crippen LogP contribution in [0.4, 0.5) is 0 Å². The molecule has 0 aromatic heterocycles. The van der Waals surface area contributed by atoms with Gasteiger partial charge in [0.1, 0.15) is 0 Å². The first-order chi connectivity index (χ1) is 20.0. The summed E-state index contributed by atoms with van der Waals surface area (Å²) in [4.78, 5) is 1.50. The molecule has 0 spiro atoms. The van der Waals surface area contributed by atoms with Crippen molar-refractivity contribution in [1.29, 1.82) is 0 Å². The third-order valence-corrected chi connectivity index (χ3v) is 10.2. The fraction of sp³-hybridized carbons (Fsp3) is 0.150. The molecule has 0 atom stereocenters. The number of hydrogen-bond donors (Lipinski definition) is 0. The zero-order valence-electron chi connectivity index (χ0n) is 24.2. The number of allylic oxidation sites excluding steroid dienone is 2. The summed E-state index contributed by atoms with van der Waals surface area (Å²) >= 11 is 0. The molecule has 0 heterocycles. The van der Waals surface area contributed by atoms with Crippen LogP contribution < -0.4 is 0 Å².